The molecule has 0 aromatic rings. The van der Waals surface area contributed by atoms with Crippen LogP contribution in [0.4, 0.5) is 0 Å². The lowest BCUT2D eigenvalue weighted by atomic mass is 10.0. The minimum Gasteiger partial charge on any atom is -0.393 e. The zero-order valence-electron chi connectivity index (χ0n) is 14.6. The summed E-state index contributed by atoms with van der Waals surface area (Å²) in [5.74, 6) is 0. The van der Waals surface area contributed by atoms with Crippen molar-refractivity contribution in [3.63, 3.8) is 0 Å². The quantitative estimate of drug-likeness (QED) is 0.231. The average Bonchev–Trinajstić information content (AvgIpc) is 2.48. The summed E-state index contributed by atoms with van der Waals surface area (Å²) >= 11 is 0. The average molecular weight is 297 g/mol. The molecule has 1 atom stereocenters. The Bertz CT molecular complexity index is 200. The van der Waals surface area contributed by atoms with E-state index >= 15 is 0 Å². The van der Waals surface area contributed by atoms with Crippen LogP contribution < -0.4 is 0 Å². The maximum Gasteiger partial charge on any atom is 0.0574 e. The molecular weight excluding hydrogens is 256 g/mol. The Kier molecular flexibility index (Phi) is 17.5. The van der Waals surface area contributed by atoms with Crippen molar-refractivity contribution >= 4 is 0 Å². The van der Waals surface area contributed by atoms with E-state index in [4.69, 9.17) is 0 Å². The molecule has 0 heterocycles. The zero-order valence-corrected chi connectivity index (χ0v) is 14.6. The van der Waals surface area contributed by atoms with Crippen LogP contribution in [-0.2, 0) is 0 Å². The number of aliphatic hydroxyl groups is 1. The minimum absolute atomic E-state index is 0.153. The zero-order chi connectivity index (χ0) is 15.6. The Morgan fingerprint density at radius 3 is 1.48 bits per heavy atom. The minimum atomic E-state index is -0.153. The van der Waals surface area contributed by atoms with Gasteiger partial charge in [0.05, 0.1) is 6.10 Å². The Morgan fingerprint density at radius 2 is 1.10 bits per heavy atom. The summed E-state index contributed by atoms with van der Waals surface area (Å²) in [6.45, 7) is 5.94. The van der Waals surface area contributed by atoms with Gasteiger partial charge in [0.2, 0.25) is 0 Å². The van der Waals surface area contributed by atoms with E-state index in [9.17, 15) is 5.11 Å². The molecular formula is C20H40O. The normalized spacial score (nSPS) is 12.5. The fourth-order valence-electron chi connectivity index (χ4n) is 2.88. The monoisotopic (exact) mass is 296 g/mol. The van der Waals surface area contributed by atoms with Crippen LogP contribution in [0.15, 0.2) is 12.7 Å². The molecule has 0 spiro atoms. The lowest BCUT2D eigenvalue weighted by molar-refractivity contribution is 0.164. The van der Waals surface area contributed by atoms with Crippen molar-refractivity contribution in [2.24, 2.45) is 0 Å². The van der Waals surface area contributed by atoms with Crippen molar-refractivity contribution in [3.8, 4) is 0 Å². The van der Waals surface area contributed by atoms with Crippen LogP contribution in [0.3, 0.4) is 0 Å². The second-order valence-corrected chi connectivity index (χ2v) is 6.56. The highest BCUT2D eigenvalue weighted by Gasteiger charge is 2.00. The number of hydrogen-bond acceptors (Lipinski definition) is 1. The number of aliphatic hydroxyl groups excluding tert-OH is 1. The summed E-state index contributed by atoms with van der Waals surface area (Å²) in [7, 11) is 0. The largest absolute Gasteiger partial charge is 0.393 e. The molecule has 0 saturated heterocycles. The van der Waals surface area contributed by atoms with Gasteiger partial charge in [0.1, 0.15) is 0 Å². The fourth-order valence-corrected chi connectivity index (χ4v) is 2.88. The molecule has 1 heteroatoms. The Hall–Kier alpha value is -0.300. The van der Waals surface area contributed by atoms with Gasteiger partial charge in [-0.1, -0.05) is 103 Å². The molecule has 1 nitrogen and oxygen atoms in total. The van der Waals surface area contributed by atoms with Gasteiger partial charge in [-0.25, -0.2) is 0 Å². The molecule has 1 N–H and O–H groups in total. The summed E-state index contributed by atoms with van der Waals surface area (Å²) in [4.78, 5) is 0. The maximum atomic E-state index is 9.57. The molecule has 0 bridgehead atoms. The summed E-state index contributed by atoms with van der Waals surface area (Å²) in [6, 6.07) is 0. The van der Waals surface area contributed by atoms with Gasteiger partial charge in [0, 0.05) is 0 Å². The van der Waals surface area contributed by atoms with Crippen LogP contribution >= 0.6 is 0 Å². The van der Waals surface area contributed by atoms with Gasteiger partial charge in [0.25, 0.3) is 0 Å². The first-order chi connectivity index (χ1) is 10.3. The first-order valence-electron chi connectivity index (χ1n) is 9.60. The molecule has 0 aliphatic rings. The van der Waals surface area contributed by atoms with Gasteiger partial charge in [-0.3, -0.25) is 0 Å². The Labute approximate surface area is 134 Å². The molecule has 0 rings (SSSR count). The number of unbranched alkanes of at least 4 members (excludes halogenated alkanes) is 13. The summed E-state index contributed by atoms with van der Waals surface area (Å²) in [5.41, 5.74) is 0. The van der Waals surface area contributed by atoms with Crippen LogP contribution in [0.25, 0.3) is 0 Å². The smallest absolute Gasteiger partial charge is 0.0574 e. The van der Waals surface area contributed by atoms with Crippen molar-refractivity contribution in [3.05, 3.63) is 12.7 Å². The van der Waals surface area contributed by atoms with E-state index in [1.165, 1.54) is 89.9 Å². The highest BCUT2D eigenvalue weighted by Crippen LogP contribution is 2.14. The SMILES string of the molecule is C=CCC(O)CCCCCCCCCCCCCCCC. The van der Waals surface area contributed by atoms with Gasteiger partial charge >= 0.3 is 0 Å². The van der Waals surface area contributed by atoms with Gasteiger partial charge in [-0.2, -0.15) is 0 Å². The Balaban J connectivity index is 3.01. The predicted molar refractivity (Wildman–Crippen MR) is 95.7 cm³/mol. The van der Waals surface area contributed by atoms with Gasteiger partial charge in [-0.05, 0) is 12.8 Å². The van der Waals surface area contributed by atoms with E-state index in [-0.39, 0.29) is 6.10 Å². The lowest BCUT2D eigenvalue weighted by Crippen LogP contribution is -2.03. The van der Waals surface area contributed by atoms with Crippen molar-refractivity contribution in [1.82, 2.24) is 0 Å². The maximum absolute atomic E-state index is 9.57. The summed E-state index contributed by atoms with van der Waals surface area (Å²) in [5, 5.41) is 9.57. The molecule has 0 aromatic heterocycles. The third kappa shape index (κ3) is 17.6. The predicted octanol–water partition coefficient (Wildman–Crippen LogP) is 6.79. The molecule has 0 aliphatic heterocycles. The molecule has 0 fully saturated rings. The highest BCUT2D eigenvalue weighted by molar-refractivity contribution is 4.71. The molecule has 0 amide bonds. The van der Waals surface area contributed by atoms with E-state index in [0.29, 0.717) is 0 Å². The summed E-state index contributed by atoms with van der Waals surface area (Å²) < 4.78 is 0. The van der Waals surface area contributed by atoms with Gasteiger partial charge < -0.3 is 5.11 Å². The van der Waals surface area contributed by atoms with E-state index in [0.717, 1.165) is 12.8 Å². The second-order valence-electron chi connectivity index (χ2n) is 6.56. The van der Waals surface area contributed by atoms with Gasteiger partial charge in [-0.15, -0.1) is 6.58 Å². The first-order valence-corrected chi connectivity index (χ1v) is 9.60. The third-order valence-corrected chi connectivity index (χ3v) is 4.33. The van der Waals surface area contributed by atoms with E-state index in [1.54, 1.807) is 0 Å². The van der Waals surface area contributed by atoms with Crippen molar-refractivity contribution in [1.29, 1.82) is 0 Å². The van der Waals surface area contributed by atoms with Crippen LogP contribution in [-0.4, -0.2) is 11.2 Å². The molecule has 0 saturated carbocycles. The second kappa shape index (κ2) is 17.8. The molecule has 0 aliphatic carbocycles. The van der Waals surface area contributed by atoms with Crippen molar-refractivity contribution < 1.29 is 5.11 Å². The van der Waals surface area contributed by atoms with E-state index in [2.05, 4.69) is 13.5 Å². The molecule has 0 radical (unpaired) electrons. The third-order valence-electron chi connectivity index (χ3n) is 4.33. The molecule has 1 unspecified atom stereocenters. The number of rotatable bonds is 17. The van der Waals surface area contributed by atoms with Crippen LogP contribution in [0.1, 0.15) is 110 Å². The highest BCUT2D eigenvalue weighted by atomic mass is 16.3. The van der Waals surface area contributed by atoms with Gasteiger partial charge in [0.15, 0.2) is 0 Å². The molecule has 21 heavy (non-hydrogen) atoms. The van der Waals surface area contributed by atoms with Crippen LogP contribution in [0.5, 0.6) is 0 Å². The van der Waals surface area contributed by atoms with Crippen molar-refractivity contribution in [2.45, 2.75) is 116 Å². The van der Waals surface area contributed by atoms with E-state index < -0.39 is 0 Å². The lowest BCUT2D eigenvalue weighted by Gasteiger charge is -2.07. The van der Waals surface area contributed by atoms with Crippen LogP contribution in [0, 0.1) is 0 Å². The summed E-state index contributed by atoms with van der Waals surface area (Å²) in [6.07, 6.45) is 22.8. The molecule has 126 valence electrons. The number of hydrogen-bond donors (Lipinski definition) is 1. The fraction of sp³-hybridized carbons (Fsp3) is 0.900. The van der Waals surface area contributed by atoms with Crippen molar-refractivity contribution in [2.75, 3.05) is 0 Å². The topological polar surface area (TPSA) is 20.2 Å². The first kappa shape index (κ1) is 20.7. The van der Waals surface area contributed by atoms with Crippen LogP contribution in [0.2, 0.25) is 0 Å². The molecule has 0 aromatic carbocycles. The van der Waals surface area contributed by atoms with E-state index in [1.807, 2.05) is 6.08 Å². The Morgan fingerprint density at radius 1 is 0.714 bits per heavy atom. The standard InChI is InChI=1S/C20H40O/c1-3-5-6-7-8-9-10-11-12-13-14-15-16-17-19-20(21)18-4-2/h4,20-21H,2-3,5-19H2,1H3.